The summed E-state index contributed by atoms with van der Waals surface area (Å²) >= 11 is 0. The zero-order chi connectivity index (χ0) is 9.26. The first-order valence-corrected chi connectivity index (χ1v) is 4.16. The van der Waals surface area contributed by atoms with E-state index in [1.807, 2.05) is 26.1 Å². The van der Waals surface area contributed by atoms with Crippen molar-refractivity contribution in [3.8, 4) is 11.1 Å². The normalized spacial score (nSPS) is 9.57. The maximum atomic E-state index is 4.06. The van der Waals surface area contributed by atoms with Crippen molar-refractivity contribution in [1.82, 2.24) is 9.78 Å². The second kappa shape index (κ2) is 4.56. The Labute approximate surface area is 98.2 Å². The molecule has 0 bridgehead atoms. The summed E-state index contributed by atoms with van der Waals surface area (Å²) in [4.78, 5) is 0. The zero-order valence-corrected chi connectivity index (χ0v) is 11.0. The van der Waals surface area contributed by atoms with E-state index in [0.717, 1.165) is 11.1 Å². The molecule has 1 aromatic carbocycles. The smallest absolute Gasteiger partial charge is 0.354 e. The molecule has 0 unspecified atom stereocenters. The predicted octanol–water partition coefficient (Wildman–Crippen LogP) is 1.99. The number of nitrogens with zero attached hydrogens (tertiary/aromatic N) is 2. The number of aromatic nitrogens is 2. The van der Waals surface area contributed by atoms with Crippen molar-refractivity contribution >= 4 is 0 Å². The molecule has 2 rings (SSSR count). The summed E-state index contributed by atoms with van der Waals surface area (Å²) in [5, 5.41) is 4.06. The molecule has 1 aromatic heterocycles. The largest absolute Gasteiger partial charge is 2.00 e. The average molecular weight is 354 g/mol. The maximum absolute atomic E-state index is 4.06. The topological polar surface area (TPSA) is 17.8 Å². The monoisotopic (exact) mass is 354 g/mol. The summed E-state index contributed by atoms with van der Waals surface area (Å²) in [5.41, 5.74) is 3.24. The van der Waals surface area contributed by atoms with E-state index in [2.05, 4.69) is 23.4 Å². The molecule has 0 saturated carbocycles. The quantitative estimate of drug-likeness (QED) is 0.717. The minimum atomic E-state index is 0. The van der Waals surface area contributed by atoms with Gasteiger partial charge in [-0.3, -0.25) is 10.7 Å². The van der Waals surface area contributed by atoms with Crippen molar-refractivity contribution in [3.63, 3.8) is 0 Å². The number of hydrogen-bond acceptors (Lipinski definition) is 1. The Bertz CT molecular complexity index is 403. The summed E-state index contributed by atoms with van der Waals surface area (Å²) in [6.45, 7) is 2.05. The maximum Gasteiger partial charge on any atom is 2.00 e. The van der Waals surface area contributed by atoms with E-state index in [1.54, 1.807) is 10.9 Å². The third-order valence-corrected chi connectivity index (χ3v) is 1.90. The molecule has 0 N–H and O–H groups in total. The zero-order valence-electron chi connectivity index (χ0n) is 8.11. The van der Waals surface area contributed by atoms with E-state index in [4.69, 9.17) is 0 Å². The Balaban J connectivity index is 0.000000980. The summed E-state index contributed by atoms with van der Waals surface area (Å²) < 4.78 is 1.67. The van der Waals surface area contributed by atoms with Crippen molar-refractivity contribution in [3.05, 3.63) is 42.2 Å². The van der Waals surface area contributed by atoms with Crippen LogP contribution in [0.3, 0.4) is 0 Å². The summed E-state index contributed by atoms with van der Waals surface area (Å²) in [5.74, 6) is 0. The van der Waals surface area contributed by atoms with E-state index >= 15 is 0 Å². The minimum Gasteiger partial charge on any atom is -0.354 e. The van der Waals surface area contributed by atoms with Gasteiger partial charge in [0.2, 0.25) is 0 Å². The van der Waals surface area contributed by atoms with Crippen molar-refractivity contribution in [1.29, 1.82) is 0 Å². The van der Waals surface area contributed by atoms with Crippen LogP contribution in [0.4, 0.5) is 0 Å². The molecule has 0 atom stereocenters. The van der Waals surface area contributed by atoms with Crippen LogP contribution in [0.2, 0.25) is 0 Å². The standard InChI is InChI=1S/C11H10N2.W/c1-9-3-5-10(6-4-9)11-7-12-13(2)8-11;/h3-5,7H,1-2H3;/q-2;+2. The second-order valence-electron chi connectivity index (χ2n) is 3.07. The van der Waals surface area contributed by atoms with E-state index in [1.165, 1.54) is 5.56 Å². The third kappa shape index (κ3) is 2.33. The summed E-state index contributed by atoms with van der Waals surface area (Å²) in [6.07, 6.45) is 4.88. The van der Waals surface area contributed by atoms with Gasteiger partial charge in [0.05, 0.1) is 0 Å². The molecule has 2 aromatic rings. The van der Waals surface area contributed by atoms with Gasteiger partial charge in [-0.05, 0) is 0 Å². The first kappa shape index (κ1) is 11.2. The third-order valence-electron chi connectivity index (χ3n) is 1.90. The van der Waals surface area contributed by atoms with Crippen LogP contribution in [0.25, 0.3) is 11.1 Å². The minimum absolute atomic E-state index is 0. The van der Waals surface area contributed by atoms with Gasteiger partial charge in [0.15, 0.2) is 0 Å². The molecule has 0 fully saturated rings. The van der Waals surface area contributed by atoms with E-state index in [9.17, 15) is 0 Å². The Morgan fingerprint density at radius 3 is 2.57 bits per heavy atom. The molecule has 0 aliphatic carbocycles. The van der Waals surface area contributed by atoms with Gasteiger partial charge < -0.3 is 4.68 Å². The van der Waals surface area contributed by atoms with Gasteiger partial charge in [0.1, 0.15) is 0 Å². The van der Waals surface area contributed by atoms with Gasteiger partial charge in [-0.15, -0.1) is 11.8 Å². The van der Waals surface area contributed by atoms with E-state index in [0.29, 0.717) is 0 Å². The molecule has 14 heavy (non-hydrogen) atoms. The van der Waals surface area contributed by atoms with Crippen LogP contribution in [0, 0.1) is 19.2 Å². The van der Waals surface area contributed by atoms with Gasteiger partial charge in [-0.1, -0.05) is 13.1 Å². The molecule has 0 spiro atoms. The van der Waals surface area contributed by atoms with E-state index in [-0.39, 0.29) is 21.1 Å². The summed E-state index contributed by atoms with van der Waals surface area (Å²) in [7, 11) is 1.86. The average Bonchev–Trinajstić information content (AvgIpc) is 2.53. The molecular weight excluding hydrogens is 344 g/mol. The number of benzene rings is 1. The van der Waals surface area contributed by atoms with Crippen LogP contribution in [-0.2, 0) is 28.1 Å². The molecule has 0 amide bonds. The Kier molecular flexibility index (Phi) is 3.65. The van der Waals surface area contributed by atoms with Crippen LogP contribution in [0.15, 0.2) is 24.4 Å². The van der Waals surface area contributed by atoms with Gasteiger partial charge in [-0.2, -0.15) is 18.2 Å². The van der Waals surface area contributed by atoms with E-state index < -0.39 is 0 Å². The predicted molar refractivity (Wildman–Crippen MR) is 51.1 cm³/mol. The fraction of sp³-hybridized carbons (Fsp3) is 0.182. The molecule has 2 nitrogen and oxygen atoms in total. The number of hydrogen-bond donors (Lipinski definition) is 0. The van der Waals surface area contributed by atoms with Crippen molar-refractivity contribution < 1.29 is 21.1 Å². The van der Waals surface area contributed by atoms with Crippen LogP contribution in [0.1, 0.15) is 5.56 Å². The van der Waals surface area contributed by atoms with Gasteiger partial charge in [0, 0.05) is 7.05 Å². The van der Waals surface area contributed by atoms with Crippen molar-refractivity contribution in [2.45, 2.75) is 6.92 Å². The fourth-order valence-electron chi connectivity index (χ4n) is 1.18. The van der Waals surface area contributed by atoms with Gasteiger partial charge in [0.25, 0.3) is 0 Å². The van der Waals surface area contributed by atoms with Crippen LogP contribution in [0.5, 0.6) is 0 Å². The molecule has 70 valence electrons. The Morgan fingerprint density at radius 1 is 1.29 bits per heavy atom. The van der Waals surface area contributed by atoms with Crippen molar-refractivity contribution in [2.75, 3.05) is 0 Å². The first-order valence-electron chi connectivity index (χ1n) is 4.16. The number of aryl methyl sites for hydroxylation is 2. The fourth-order valence-corrected chi connectivity index (χ4v) is 1.18. The molecule has 1 heterocycles. The molecule has 0 aliphatic rings. The van der Waals surface area contributed by atoms with Crippen LogP contribution in [-0.4, -0.2) is 9.78 Å². The van der Waals surface area contributed by atoms with Crippen LogP contribution >= 0.6 is 0 Å². The SMILES string of the molecule is Cc1c[c-]c(-c2[c-]n(C)nc2)cc1.[W+2]. The van der Waals surface area contributed by atoms with Crippen molar-refractivity contribution in [2.24, 2.45) is 7.05 Å². The molecule has 0 aliphatic heterocycles. The van der Waals surface area contributed by atoms with Gasteiger partial charge >= 0.3 is 21.1 Å². The Hall–Kier alpha value is -0.882. The van der Waals surface area contributed by atoms with Crippen LogP contribution < -0.4 is 0 Å². The molecular formula is C11H10N2W. The number of rotatable bonds is 1. The molecule has 0 radical (unpaired) electrons. The molecule has 3 heteroatoms. The summed E-state index contributed by atoms with van der Waals surface area (Å²) in [6, 6.07) is 9.24. The second-order valence-corrected chi connectivity index (χ2v) is 3.07. The molecule has 0 saturated heterocycles. The Morgan fingerprint density at radius 2 is 2.07 bits per heavy atom. The first-order chi connectivity index (χ1) is 6.25. The van der Waals surface area contributed by atoms with Gasteiger partial charge in [-0.25, -0.2) is 11.6 Å².